The van der Waals surface area contributed by atoms with Crippen molar-refractivity contribution in [3.05, 3.63) is 71.4 Å². The summed E-state index contributed by atoms with van der Waals surface area (Å²) in [6.07, 6.45) is 0. The van der Waals surface area contributed by atoms with Gasteiger partial charge in [0.1, 0.15) is 12.4 Å². The van der Waals surface area contributed by atoms with E-state index in [0.717, 1.165) is 22.7 Å². The van der Waals surface area contributed by atoms with Gasteiger partial charge in [0, 0.05) is 18.5 Å². The predicted octanol–water partition coefficient (Wildman–Crippen LogP) is 3.59. The van der Waals surface area contributed by atoms with E-state index in [-0.39, 0.29) is 6.61 Å². The van der Waals surface area contributed by atoms with Gasteiger partial charge in [-0.3, -0.25) is 4.90 Å². The van der Waals surface area contributed by atoms with Gasteiger partial charge in [0.05, 0.1) is 25.3 Å². The zero-order valence-corrected chi connectivity index (χ0v) is 17.5. The lowest BCUT2D eigenvalue weighted by molar-refractivity contribution is -0.140. The van der Waals surface area contributed by atoms with E-state index in [9.17, 15) is 4.79 Å². The number of nitrogens with zero attached hydrogens (tertiary/aromatic N) is 1. The number of carbonyl (C=O) groups is 1. The lowest BCUT2D eigenvalue weighted by Crippen LogP contribution is -2.48. The molecule has 1 atom stereocenters. The Hall–Kier alpha value is -2.90. The Morgan fingerprint density at radius 2 is 1.76 bits per heavy atom. The first kappa shape index (κ1) is 20.8. The summed E-state index contributed by atoms with van der Waals surface area (Å²) in [5, 5.41) is 3.81. The molecule has 29 heavy (non-hydrogen) atoms. The van der Waals surface area contributed by atoms with Crippen LogP contribution < -0.4 is 15.0 Å². The van der Waals surface area contributed by atoms with Crippen molar-refractivity contribution in [1.29, 1.82) is 0 Å². The highest BCUT2D eigenvalue weighted by Crippen LogP contribution is 2.34. The van der Waals surface area contributed by atoms with Crippen molar-refractivity contribution in [3.8, 4) is 5.75 Å². The molecule has 0 saturated carbocycles. The number of allylic oxidation sites excluding steroid dienone is 1. The van der Waals surface area contributed by atoms with Gasteiger partial charge < -0.3 is 19.5 Å². The van der Waals surface area contributed by atoms with Gasteiger partial charge in [-0.2, -0.15) is 0 Å². The third-order valence-electron chi connectivity index (χ3n) is 4.69. The van der Waals surface area contributed by atoms with Crippen LogP contribution in [0, 0.1) is 0 Å². The molecule has 3 rings (SSSR count). The largest absolute Gasteiger partial charge is 0.497 e. The molecule has 1 unspecified atom stereocenters. The maximum atomic E-state index is 13.0. The number of anilines is 1. The Bertz CT molecular complexity index is 897. The number of benzene rings is 2. The molecule has 1 heterocycles. The van der Waals surface area contributed by atoms with Gasteiger partial charge in [0.2, 0.25) is 0 Å². The Labute approximate surface area is 176 Å². The monoisotopic (exact) mass is 412 g/mol. The number of methoxy groups -OCH3 is 2. The molecule has 1 aliphatic rings. The summed E-state index contributed by atoms with van der Waals surface area (Å²) in [5.74, 6) is 0.342. The number of carbonyl (C=O) groups excluding carboxylic acids is 1. The maximum absolute atomic E-state index is 13.0. The van der Waals surface area contributed by atoms with Crippen LogP contribution in [0.1, 0.15) is 18.5 Å². The van der Waals surface area contributed by atoms with Crippen molar-refractivity contribution in [2.75, 3.05) is 32.3 Å². The molecule has 0 spiro atoms. The van der Waals surface area contributed by atoms with Gasteiger partial charge in [-0.15, -0.1) is 0 Å². The highest BCUT2D eigenvalue weighted by molar-refractivity contribution is 7.80. The summed E-state index contributed by atoms with van der Waals surface area (Å²) in [6, 6.07) is 16.8. The van der Waals surface area contributed by atoms with Gasteiger partial charge in [-0.25, -0.2) is 4.79 Å². The lowest BCUT2D eigenvalue weighted by Gasteiger charge is -2.37. The molecule has 0 radical (unpaired) electrons. The van der Waals surface area contributed by atoms with Crippen molar-refractivity contribution in [2.45, 2.75) is 13.0 Å². The SMILES string of the molecule is COCCOC(=O)C1=C(C)N(c2ccc(OC)cc2)C(=S)NC1c1ccccc1. The number of nitrogens with one attached hydrogen (secondary N) is 1. The number of hydrogen-bond acceptors (Lipinski definition) is 5. The topological polar surface area (TPSA) is 60.0 Å². The molecule has 0 aromatic heterocycles. The number of hydrogen-bond donors (Lipinski definition) is 1. The zero-order chi connectivity index (χ0) is 20.8. The van der Waals surface area contributed by atoms with Crippen LogP contribution in [0.5, 0.6) is 5.75 Å². The van der Waals surface area contributed by atoms with E-state index < -0.39 is 12.0 Å². The fourth-order valence-electron chi connectivity index (χ4n) is 3.24. The van der Waals surface area contributed by atoms with Crippen LogP contribution in [0.3, 0.4) is 0 Å². The molecule has 152 valence electrons. The summed E-state index contributed by atoms with van der Waals surface area (Å²) in [5.41, 5.74) is 2.99. The van der Waals surface area contributed by atoms with Crippen LogP contribution in [-0.4, -0.2) is 38.5 Å². The highest BCUT2D eigenvalue weighted by atomic mass is 32.1. The predicted molar refractivity (Wildman–Crippen MR) is 116 cm³/mol. The van der Waals surface area contributed by atoms with Crippen LogP contribution in [0.15, 0.2) is 65.9 Å². The first-order chi connectivity index (χ1) is 14.1. The quantitative estimate of drug-likeness (QED) is 0.424. The third kappa shape index (κ3) is 4.58. The van der Waals surface area contributed by atoms with Crippen LogP contribution in [0.4, 0.5) is 5.69 Å². The Balaban J connectivity index is 2.03. The van der Waals surface area contributed by atoms with E-state index >= 15 is 0 Å². The number of esters is 1. The normalized spacial score (nSPS) is 16.4. The van der Waals surface area contributed by atoms with Gasteiger partial charge in [0.25, 0.3) is 0 Å². The summed E-state index contributed by atoms with van der Waals surface area (Å²) >= 11 is 5.65. The second-order valence-electron chi connectivity index (χ2n) is 6.45. The molecular weight excluding hydrogens is 388 g/mol. The molecule has 0 saturated heterocycles. The minimum atomic E-state index is -0.401. The maximum Gasteiger partial charge on any atom is 0.338 e. The zero-order valence-electron chi connectivity index (χ0n) is 16.7. The molecular formula is C22H24N2O4S. The summed E-state index contributed by atoms with van der Waals surface area (Å²) in [4.78, 5) is 14.8. The van der Waals surface area contributed by atoms with E-state index in [0.29, 0.717) is 17.3 Å². The number of ether oxygens (including phenoxy) is 3. The fourth-order valence-corrected chi connectivity index (χ4v) is 3.60. The molecule has 2 aromatic rings. The number of rotatable bonds is 7. The van der Waals surface area contributed by atoms with Crippen molar-refractivity contribution in [1.82, 2.24) is 5.32 Å². The number of thiocarbonyl (C=S) groups is 1. The lowest BCUT2D eigenvalue weighted by atomic mass is 9.95. The minimum Gasteiger partial charge on any atom is -0.497 e. The molecule has 0 amide bonds. The van der Waals surface area contributed by atoms with Gasteiger partial charge in [0.15, 0.2) is 5.11 Å². The standard InChI is InChI=1S/C22H24N2O4S/c1-15-19(21(25)28-14-13-26-2)20(16-7-5-4-6-8-16)23-22(29)24(15)17-9-11-18(27-3)12-10-17/h4-12,20H,13-14H2,1-3H3,(H,23,29). The van der Waals surface area contributed by atoms with Crippen LogP contribution in [-0.2, 0) is 14.3 Å². The molecule has 0 bridgehead atoms. The Morgan fingerprint density at radius 1 is 1.07 bits per heavy atom. The highest BCUT2D eigenvalue weighted by Gasteiger charge is 2.35. The van der Waals surface area contributed by atoms with E-state index in [1.807, 2.05) is 66.4 Å². The third-order valence-corrected chi connectivity index (χ3v) is 4.99. The first-order valence-electron chi connectivity index (χ1n) is 9.23. The molecule has 6 nitrogen and oxygen atoms in total. The smallest absolute Gasteiger partial charge is 0.338 e. The average Bonchev–Trinajstić information content (AvgIpc) is 2.74. The molecule has 0 fully saturated rings. The molecule has 1 aliphatic heterocycles. The van der Waals surface area contributed by atoms with Crippen molar-refractivity contribution in [2.24, 2.45) is 0 Å². The van der Waals surface area contributed by atoms with Crippen LogP contribution in [0.25, 0.3) is 0 Å². The van der Waals surface area contributed by atoms with Gasteiger partial charge in [-0.05, 0) is 49.0 Å². The summed E-state index contributed by atoms with van der Waals surface area (Å²) in [6.45, 7) is 2.39. The van der Waals surface area contributed by atoms with Crippen molar-refractivity contribution >= 4 is 29.0 Å². The Morgan fingerprint density at radius 3 is 2.38 bits per heavy atom. The van der Waals surface area contributed by atoms with E-state index in [2.05, 4.69) is 5.32 Å². The van der Waals surface area contributed by atoms with Gasteiger partial charge >= 0.3 is 5.97 Å². The minimum absolute atomic E-state index is 0.181. The van der Waals surface area contributed by atoms with E-state index in [1.165, 1.54) is 0 Å². The molecule has 0 aliphatic carbocycles. The fraction of sp³-hybridized carbons (Fsp3) is 0.273. The summed E-state index contributed by atoms with van der Waals surface area (Å²) < 4.78 is 15.7. The van der Waals surface area contributed by atoms with Gasteiger partial charge in [-0.1, -0.05) is 30.3 Å². The van der Waals surface area contributed by atoms with Crippen molar-refractivity contribution < 1.29 is 19.0 Å². The van der Waals surface area contributed by atoms with Crippen LogP contribution >= 0.6 is 12.2 Å². The average molecular weight is 413 g/mol. The summed E-state index contributed by atoms with van der Waals surface area (Å²) in [7, 11) is 3.18. The van der Waals surface area contributed by atoms with Crippen LogP contribution in [0.2, 0.25) is 0 Å². The Kier molecular flexibility index (Phi) is 6.85. The van der Waals surface area contributed by atoms with Crippen molar-refractivity contribution in [3.63, 3.8) is 0 Å². The molecule has 7 heteroatoms. The van der Waals surface area contributed by atoms with E-state index in [1.54, 1.807) is 14.2 Å². The van der Waals surface area contributed by atoms with E-state index in [4.69, 9.17) is 26.4 Å². The second kappa shape index (κ2) is 9.54. The second-order valence-corrected chi connectivity index (χ2v) is 6.84. The molecule has 2 aromatic carbocycles. The molecule has 1 N–H and O–H groups in total. The first-order valence-corrected chi connectivity index (χ1v) is 9.64.